The van der Waals surface area contributed by atoms with Gasteiger partial charge in [-0.25, -0.2) is 0 Å². The second kappa shape index (κ2) is 6.09. The molecule has 0 spiro atoms. The van der Waals surface area contributed by atoms with E-state index in [-0.39, 0.29) is 10.8 Å². The smallest absolute Gasteiger partial charge is 0.123 e. The van der Waals surface area contributed by atoms with Crippen LogP contribution in [0.25, 0.3) is 0 Å². The minimum atomic E-state index is -0.143. The Labute approximate surface area is 144 Å². The normalized spacial score (nSPS) is 12.3. The third-order valence-electron chi connectivity index (χ3n) is 3.84. The van der Waals surface area contributed by atoms with Crippen molar-refractivity contribution in [2.45, 2.75) is 52.4 Å². The molecule has 0 aliphatic rings. The molecule has 2 N–H and O–H groups in total. The molecule has 2 aromatic rings. The van der Waals surface area contributed by atoms with Gasteiger partial charge in [0.2, 0.25) is 0 Å². The van der Waals surface area contributed by atoms with Crippen molar-refractivity contribution in [3.05, 3.63) is 52.5 Å². The Morgan fingerprint density at radius 2 is 1.35 bits per heavy atom. The lowest BCUT2D eigenvalue weighted by atomic mass is 9.79. The maximum Gasteiger partial charge on any atom is 0.123 e. The quantitative estimate of drug-likeness (QED) is 0.625. The van der Waals surface area contributed by atoms with Crippen molar-refractivity contribution in [3.8, 4) is 5.75 Å². The number of benzene rings is 2. The predicted octanol–water partition coefficient (Wildman–Crippen LogP) is 6.38. The van der Waals surface area contributed by atoms with Gasteiger partial charge in [-0.05, 0) is 41.2 Å². The van der Waals surface area contributed by atoms with Crippen molar-refractivity contribution < 1.29 is 5.11 Å². The minimum absolute atomic E-state index is 0.143. The van der Waals surface area contributed by atoms with Crippen molar-refractivity contribution in [2.24, 2.45) is 0 Å². The molecule has 3 heteroatoms. The summed E-state index contributed by atoms with van der Waals surface area (Å²) in [5.41, 5.74) is 3.48. The van der Waals surface area contributed by atoms with Crippen LogP contribution in [0.5, 0.6) is 5.75 Å². The van der Waals surface area contributed by atoms with E-state index in [0.717, 1.165) is 22.5 Å². The zero-order valence-electron chi connectivity index (χ0n) is 14.8. The summed E-state index contributed by atoms with van der Waals surface area (Å²) in [5.74, 6) is 0.390. The molecule has 0 aliphatic carbocycles. The zero-order valence-corrected chi connectivity index (χ0v) is 15.5. The molecule has 0 aromatic heterocycles. The van der Waals surface area contributed by atoms with Crippen LogP contribution in [0.3, 0.4) is 0 Å². The third kappa shape index (κ3) is 4.20. The van der Waals surface area contributed by atoms with Gasteiger partial charge in [0.05, 0.1) is 0 Å². The molecular weight excluding hydrogens is 306 g/mol. The summed E-state index contributed by atoms with van der Waals surface area (Å²) in [7, 11) is 0. The van der Waals surface area contributed by atoms with E-state index in [1.165, 1.54) is 0 Å². The Kier molecular flexibility index (Phi) is 4.68. The summed E-state index contributed by atoms with van der Waals surface area (Å²) < 4.78 is 0. The van der Waals surface area contributed by atoms with E-state index in [0.29, 0.717) is 10.8 Å². The van der Waals surface area contributed by atoms with Gasteiger partial charge in [0, 0.05) is 27.5 Å². The molecule has 0 radical (unpaired) electrons. The second-order valence-electron chi connectivity index (χ2n) is 8.06. The topological polar surface area (TPSA) is 32.3 Å². The molecule has 124 valence electrons. The first-order valence-corrected chi connectivity index (χ1v) is 8.27. The van der Waals surface area contributed by atoms with Gasteiger partial charge in [-0.3, -0.25) is 0 Å². The first-order chi connectivity index (χ1) is 10.5. The summed E-state index contributed by atoms with van der Waals surface area (Å²) >= 11 is 6.06. The third-order valence-corrected chi connectivity index (χ3v) is 4.07. The largest absolute Gasteiger partial charge is 0.507 e. The van der Waals surface area contributed by atoms with E-state index in [4.69, 9.17) is 11.6 Å². The number of phenolic OH excluding ortho intramolecular Hbond substituents is 1. The number of hydrogen-bond donors (Lipinski definition) is 2. The molecule has 0 amide bonds. The molecule has 0 atom stereocenters. The predicted molar refractivity (Wildman–Crippen MR) is 100 cm³/mol. The fourth-order valence-corrected chi connectivity index (χ4v) is 2.77. The maximum absolute atomic E-state index is 10.7. The van der Waals surface area contributed by atoms with Crippen LogP contribution in [-0.4, -0.2) is 5.11 Å². The van der Waals surface area contributed by atoms with Crippen LogP contribution in [0.2, 0.25) is 5.02 Å². The first-order valence-electron chi connectivity index (χ1n) is 7.89. The molecule has 0 saturated carbocycles. The Hall–Kier alpha value is -1.67. The standard InChI is InChI=1S/C20H26ClNO/c1-19(2,3)16-11-15(12-17(18(16)23)20(4,5)6)22-14-9-7-8-13(21)10-14/h7-12,22-23H,1-6H3. The Bertz CT molecular complexity index is 673. The monoisotopic (exact) mass is 331 g/mol. The van der Waals surface area contributed by atoms with E-state index in [9.17, 15) is 5.11 Å². The molecule has 0 saturated heterocycles. The molecule has 0 aliphatic heterocycles. The zero-order chi connectivity index (χ0) is 17.4. The van der Waals surface area contributed by atoms with Crippen LogP contribution in [0.4, 0.5) is 11.4 Å². The van der Waals surface area contributed by atoms with Crippen molar-refractivity contribution in [2.75, 3.05) is 5.32 Å². The lowest BCUT2D eigenvalue weighted by molar-refractivity contribution is 0.423. The summed E-state index contributed by atoms with van der Waals surface area (Å²) in [4.78, 5) is 0. The van der Waals surface area contributed by atoms with E-state index < -0.39 is 0 Å². The van der Waals surface area contributed by atoms with Crippen molar-refractivity contribution in [3.63, 3.8) is 0 Å². The Morgan fingerprint density at radius 3 is 1.78 bits per heavy atom. The summed E-state index contributed by atoms with van der Waals surface area (Å²) in [6.07, 6.45) is 0. The van der Waals surface area contributed by atoms with Gasteiger partial charge >= 0.3 is 0 Å². The molecule has 0 bridgehead atoms. The van der Waals surface area contributed by atoms with Gasteiger partial charge in [-0.1, -0.05) is 59.2 Å². The number of anilines is 2. The average molecular weight is 332 g/mol. The molecule has 2 aromatic carbocycles. The number of rotatable bonds is 2. The Morgan fingerprint density at radius 1 is 0.826 bits per heavy atom. The molecular formula is C20H26ClNO. The molecule has 23 heavy (non-hydrogen) atoms. The second-order valence-corrected chi connectivity index (χ2v) is 8.49. The van der Waals surface area contributed by atoms with Crippen LogP contribution in [0, 0.1) is 0 Å². The number of aromatic hydroxyl groups is 1. The van der Waals surface area contributed by atoms with Crippen LogP contribution in [0.15, 0.2) is 36.4 Å². The highest BCUT2D eigenvalue weighted by Gasteiger charge is 2.26. The average Bonchev–Trinajstić information content (AvgIpc) is 2.38. The van der Waals surface area contributed by atoms with Gasteiger partial charge in [0.1, 0.15) is 5.75 Å². The lowest BCUT2D eigenvalue weighted by Gasteiger charge is -2.28. The van der Waals surface area contributed by atoms with E-state index in [2.05, 4.69) is 46.9 Å². The number of halogens is 1. The minimum Gasteiger partial charge on any atom is -0.507 e. The molecule has 0 heterocycles. The van der Waals surface area contributed by atoms with Crippen molar-refractivity contribution >= 4 is 23.0 Å². The van der Waals surface area contributed by atoms with E-state index >= 15 is 0 Å². The summed E-state index contributed by atoms with van der Waals surface area (Å²) in [5, 5.41) is 14.8. The molecule has 0 fully saturated rings. The van der Waals surface area contributed by atoms with E-state index in [1.54, 1.807) is 0 Å². The van der Waals surface area contributed by atoms with Crippen LogP contribution < -0.4 is 5.32 Å². The highest BCUT2D eigenvalue weighted by Crippen LogP contribution is 2.41. The molecule has 2 rings (SSSR count). The Balaban J connectivity index is 2.56. The van der Waals surface area contributed by atoms with Gasteiger partial charge in [0.15, 0.2) is 0 Å². The fourth-order valence-electron chi connectivity index (χ4n) is 2.58. The lowest BCUT2D eigenvalue weighted by Crippen LogP contribution is -2.17. The van der Waals surface area contributed by atoms with Gasteiger partial charge in [-0.15, -0.1) is 0 Å². The summed E-state index contributed by atoms with van der Waals surface area (Å²) in [6.45, 7) is 12.7. The maximum atomic E-state index is 10.7. The SMILES string of the molecule is CC(C)(C)c1cc(Nc2cccc(Cl)c2)cc(C(C)(C)C)c1O. The first kappa shape index (κ1) is 17.7. The molecule has 2 nitrogen and oxygen atoms in total. The summed E-state index contributed by atoms with van der Waals surface area (Å²) in [6, 6.07) is 11.7. The highest BCUT2D eigenvalue weighted by molar-refractivity contribution is 6.30. The van der Waals surface area contributed by atoms with Crippen molar-refractivity contribution in [1.29, 1.82) is 0 Å². The van der Waals surface area contributed by atoms with Gasteiger partial charge in [0.25, 0.3) is 0 Å². The van der Waals surface area contributed by atoms with Crippen molar-refractivity contribution in [1.82, 2.24) is 0 Å². The van der Waals surface area contributed by atoms with Gasteiger partial charge < -0.3 is 10.4 Å². The number of hydrogen-bond acceptors (Lipinski definition) is 2. The molecule has 0 unspecified atom stereocenters. The van der Waals surface area contributed by atoms with Gasteiger partial charge in [-0.2, -0.15) is 0 Å². The van der Waals surface area contributed by atoms with Crippen LogP contribution >= 0.6 is 11.6 Å². The number of phenols is 1. The van der Waals surface area contributed by atoms with E-state index in [1.807, 2.05) is 36.4 Å². The fraction of sp³-hybridized carbons (Fsp3) is 0.400. The number of nitrogens with one attached hydrogen (secondary N) is 1. The van der Waals surface area contributed by atoms with Crippen LogP contribution in [-0.2, 0) is 10.8 Å². The van der Waals surface area contributed by atoms with Crippen LogP contribution in [0.1, 0.15) is 52.7 Å². The highest BCUT2D eigenvalue weighted by atomic mass is 35.5.